The number of hydrogen-bond donors (Lipinski definition) is 1. The van der Waals surface area contributed by atoms with Crippen LogP contribution in [0.1, 0.15) is 24.8 Å². The minimum absolute atomic E-state index is 0.0310. The lowest BCUT2D eigenvalue weighted by atomic mass is 10.2. The first-order chi connectivity index (χ1) is 8.29. The summed E-state index contributed by atoms with van der Waals surface area (Å²) in [5.74, 6) is 0.768. The predicted octanol–water partition coefficient (Wildman–Crippen LogP) is 1.81. The van der Waals surface area contributed by atoms with Gasteiger partial charge in [-0.2, -0.15) is 0 Å². The minimum atomic E-state index is 0.0310. The minimum Gasteiger partial charge on any atom is -0.395 e. The van der Waals surface area contributed by atoms with Crippen LogP contribution >= 0.6 is 0 Å². The standard InChI is InChI=1S/C14H19NO2/c16-9-8-15(14(17)10-12-6-7-12)11-13-4-2-1-3-5-13/h1-5,12,16H,6-11H2. The Morgan fingerprint density at radius 1 is 1.29 bits per heavy atom. The molecule has 1 aliphatic carbocycles. The molecule has 0 saturated heterocycles. The van der Waals surface area contributed by atoms with Gasteiger partial charge in [0.15, 0.2) is 0 Å². The van der Waals surface area contributed by atoms with Crippen LogP contribution in [0.15, 0.2) is 30.3 Å². The van der Waals surface area contributed by atoms with Crippen molar-refractivity contribution in [2.24, 2.45) is 5.92 Å². The third-order valence-corrected chi connectivity index (χ3v) is 3.10. The van der Waals surface area contributed by atoms with E-state index in [0.717, 1.165) is 5.56 Å². The number of amides is 1. The second-order valence-corrected chi connectivity index (χ2v) is 4.67. The molecule has 1 saturated carbocycles. The molecule has 1 aromatic rings. The summed E-state index contributed by atoms with van der Waals surface area (Å²) in [4.78, 5) is 13.8. The van der Waals surface area contributed by atoms with Crippen LogP contribution in [0.4, 0.5) is 0 Å². The highest BCUT2D eigenvalue weighted by Crippen LogP contribution is 2.33. The van der Waals surface area contributed by atoms with E-state index in [-0.39, 0.29) is 12.5 Å². The molecule has 2 rings (SSSR count). The van der Waals surface area contributed by atoms with Gasteiger partial charge in [0.2, 0.25) is 5.91 Å². The molecule has 1 amide bonds. The third-order valence-electron chi connectivity index (χ3n) is 3.10. The summed E-state index contributed by atoms with van der Waals surface area (Å²) in [7, 11) is 0. The van der Waals surface area contributed by atoms with Crippen molar-refractivity contribution in [2.75, 3.05) is 13.2 Å². The molecule has 0 aliphatic heterocycles. The first-order valence-electron chi connectivity index (χ1n) is 6.22. The number of nitrogens with zero attached hydrogens (tertiary/aromatic N) is 1. The molecule has 17 heavy (non-hydrogen) atoms. The van der Waals surface area contributed by atoms with Gasteiger partial charge >= 0.3 is 0 Å². The maximum absolute atomic E-state index is 12.0. The van der Waals surface area contributed by atoms with Crippen molar-refractivity contribution < 1.29 is 9.90 Å². The predicted molar refractivity (Wildman–Crippen MR) is 66.3 cm³/mol. The molecular weight excluding hydrogens is 214 g/mol. The molecule has 1 aromatic carbocycles. The Bertz CT molecular complexity index is 360. The van der Waals surface area contributed by atoms with E-state index < -0.39 is 0 Å². The van der Waals surface area contributed by atoms with Gasteiger partial charge < -0.3 is 10.0 Å². The van der Waals surface area contributed by atoms with Crippen LogP contribution in [-0.4, -0.2) is 29.1 Å². The maximum Gasteiger partial charge on any atom is 0.223 e. The maximum atomic E-state index is 12.0. The van der Waals surface area contributed by atoms with Crippen LogP contribution in [0.5, 0.6) is 0 Å². The van der Waals surface area contributed by atoms with Crippen LogP contribution in [0, 0.1) is 5.92 Å². The van der Waals surface area contributed by atoms with Crippen molar-refractivity contribution >= 4 is 5.91 Å². The summed E-state index contributed by atoms with van der Waals surface area (Å²) in [5.41, 5.74) is 1.12. The molecule has 0 radical (unpaired) electrons. The topological polar surface area (TPSA) is 40.5 Å². The molecule has 0 bridgehead atoms. The number of rotatable bonds is 6. The second-order valence-electron chi connectivity index (χ2n) is 4.67. The molecular formula is C14H19NO2. The zero-order valence-corrected chi connectivity index (χ0v) is 10.0. The average Bonchev–Trinajstić information content (AvgIpc) is 3.14. The molecule has 1 fully saturated rings. The lowest BCUT2D eigenvalue weighted by Gasteiger charge is -2.21. The van der Waals surface area contributed by atoms with Gasteiger partial charge in [0, 0.05) is 19.5 Å². The Balaban J connectivity index is 1.93. The number of aliphatic hydroxyl groups excluding tert-OH is 1. The molecule has 0 unspecified atom stereocenters. The zero-order chi connectivity index (χ0) is 12.1. The van der Waals surface area contributed by atoms with Crippen molar-refractivity contribution in [2.45, 2.75) is 25.8 Å². The monoisotopic (exact) mass is 233 g/mol. The normalized spacial score (nSPS) is 14.6. The van der Waals surface area contributed by atoms with Crippen molar-refractivity contribution in [3.63, 3.8) is 0 Å². The van der Waals surface area contributed by atoms with Gasteiger partial charge in [-0.25, -0.2) is 0 Å². The Morgan fingerprint density at radius 2 is 2.00 bits per heavy atom. The van der Waals surface area contributed by atoms with Gasteiger partial charge in [0.25, 0.3) is 0 Å². The van der Waals surface area contributed by atoms with Crippen LogP contribution in [-0.2, 0) is 11.3 Å². The fourth-order valence-electron chi connectivity index (χ4n) is 1.91. The van der Waals surface area contributed by atoms with Gasteiger partial charge in [-0.1, -0.05) is 30.3 Å². The first-order valence-corrected chi connectivity index (χ1v) is 6.22. The van der Waals surface area contributed by atoms with Crippen LogP contribution in [0.2, 0.25) is 0 Å². The number of hydrogen-bond acceptors (Lipinski definition) is 2. The Labute approximate surface area is 102 Å². The van der Waals surface area contributed by atoms with Crippen LogP contribution in [0.25, 0.3) is 0 Å². The number of aliphatic hydroxyl groups is 1. The number of carbonyl (C=O) groups is 1. The van der Waals surface area contributed by atoms with E-state index in [1.807, 2.05) is 30.3 Å². The van der Waals surface area contributed by atoms with Gasteiger partial charge in [0.05, 0.1) is 6.61 Å². The van der Waals surface area contributed by atoms with Gasteiger partial charge in [-0.05, 0) is 24.3 Å². The summed E-state index contributed by atoms with van der Waals surface area (Å²) in [6, 6.07) is 9.92. The molecule has 0 aromatic heterocycles. The van der Waals surface area contributed by atoms with Crippen molar-refractivity contribution in [1.82, 2.24) is 4.90 Å². The van der Waals surface area contributed by atoms with Gasteiger partial charge in [0.1, 0.15) is 0 Å². The van der Waals surface area contributed by atoms with Gasteiger partial charge in [-0.3, -0.25) is 4.79 Å². The summed E-state index contributed by atoms with van der Waals surface area (Å²) in [6.07, 6.45) is 3.01. The van der Waals surface area contributed by atoms with E-state index in [4.69, 9.17) is 5.11 Å². The van der Waals surface area contributed by atoms with E-state index in [9.17, 15) is 4.79 Å². The lowest BCUT2D eigenvalue weighted by molar-refractivity contribution is -0.132. The Hall–Kier alpha value is -1.35. The SMILES string of the molecule is O=C(CC1CC1)N(CCO)Cc1ccccc1. The van der Waals surface area contributed by atoms with Gasteiger partial charge in [-0.15, -0.1) is 0 Å². The van der Waals surface area contributed by atoms with E-state index in [1.165, 1.54) is 12.8 Å². The Morgan fingerprint density at radius 3 is 2.59 bits per heavy atom. The largest absolute Gasteiger partial charge is 0.395 e. The second kappa shape index (κ2) is 5.82. The van der Waals surface area contributed by atoms with E-state index >= 15 is 0 Å². The summed E-state index contributed by atoms with van der Waals surface area (Å²) in [5, 5.41) is 9.02. The van der Waals surface area contributed by atoms with Crippen molar-refractivity contribution in [3.8, 4) is 0 Å². The number of benzene rings is 1. The highest BCUT2D eigenvalue weighted by atomic mass is 16.3. The lowest BCUT2D eigenvalue weighted by Crippen LogP contribution is -2.33. The Kier molecular flexibility index (Phi) is 4.15. The fraction of sp³-hybridized carbons (Fsp3) is 0.500. The molecule has 92 valence electrons. The fourth-order valence-corrected chi connectivity index (χ4v) is 1.91. The third kappa shape index (κ3) is 3.86. The van der Waals surface area contributed by atoms with Crippen molar-refractivity contribution in [1.29, 1.82) is 0 Å². The van der Waals surface area contributed by atoms with Crippen molar-refractivity contribution in [3.05, 3.63) is 35.9 Å². The van der Waals surface area contributed by atoms with E-state index in [0.29, 0.717) is 25.4 Å². The molecule has 3 heteroatoms. The summed E-state index contributed by atoms with van der Waals surface area (Å²) < 4.78 is 0. The highest BCUT2D eigenvalue weighted by Gasteiger charge is 2.26. The molecule has 0 atom stereocenters. The average molecular weight is 233 g/mol. The number of carbonyl (C=O) groups excluding carboxylic acids is 1. The van der Waals surface area contributed by atoms with Crippen LogP contribution < -0.4 is 0 Å². The summed E-state index contributed by atoms with van der Waals surface area (Å²) >= 11 is 0. The molecule has 1 aliphatic rings. The molecule has 0 heterocycles. The quantitative estimate of drug-likeness (QED) is 0.814. The zero-order valence-electron chi connectivity index (χ0n) is 10.0. The van der Waals surface area contributed by atoms with E-state index in [1.54, 1.807) is 4.90 Å². The first kappa shape index (κ1) is 12.1. The highest BCUT2D eigenvalue weighted by molar-refractivity contribution is 5.76. The molecule has 0 spiro atoms. The smallest absolute Gasteiger partial charge is 0.223 e. The molecule has 1 N–H and O–H groups in total. The van der Waals surface area contributed by atoms with E-state index in [2.05, 4.69) is 0 Å². The van der Waals surface area contributed by atoms with Crippen LogP contribution in [0.3, 0.4) is 0 Å². The summed E-state index contributed by atoms with van der Waals surface area (Å²) in [6.45, 7) is 1.07. The molecule has 3 nitrogen and oxygen atoms in total.